The predicted octanol–water partition coefficient (Wildman–Crippen LogP) is 3.34. The molecular weight excluding hydrogens is 300 g/mol. The zero-order valence-electron chi connectivity index (χ0n) is 15.5. The molecule has 0 amide bonds. The van der Waals surface area contributed by atoms with E-state index in [0.29, 0.717) is 18.3 Å². The Hall–Kier alpha value is -0.670. The SMILES string of the molecule is C=C[C@]1(C)CC[C@]2(C)[C@H](C)C[C@@]34C[C@](C[C@H](O)C3=O)([C@@H](C)[C@@H]1O)[C@@H]42. The molecule has 0 heterocycles. The van der Waals surface area contributed by atoms with Gasteiger partial charge in [0.15, 0.2) is 5.78 Å². The number of rotatable bonds is 1. The molecule has 4 saturated carbocycles. The molecule has 3 heteroatoms. The Kier molecular flexibility index (Phi) is 3.17. The van der Waals surface area contributed by atoms with E-state index in [4.69, 9.17) is 0 Å². The molecule has 2 spiro atoms. The summed E-state index contributed by atoms with van der Waals surface area (Å²) in [4.78, 5) is 12.9. The van der Waals surface area contributed by atoms with E-state index in [2.05, 4.69) is 34.3 Å². The van der Waals surface area contributed by atoms with Crippen LogP contribution in [0.25, 0.3) is 0 Å². The van der Waals surface area contributed by atoms with Gasteiger partial charge >= 0.3 is 0 Å². The van der Waals surface area contributed by atoms with Crippen LogP contribution in [0.2, 0.25) is 0 Å². The van der Waals surface area contributed by atoms with Gasteiger partial charge in [-0.2, -0.15) is 0 Å². The van der Waals surface area contributed by atoms with Crippen molar-refractivity contribution >= 4 is 5.78 Å². The first kappa shape index (κ1) is 16.8. The number of hydrogen-bond donors (Lipinski definition) is 2. The van der Waals surface area contributed by atoms with Gasteiger partial charge in [0.05, 0.1) is 6.10 Å². The van der Waals surface area contributed by atoms with Gasteiger partial charge in [-0.1, -0.05) is 33.8 Å². The molecule has 4 rings (SSSR count). The van der Waals surface area contributed by atoms with Crippen LogP contribution in [-0.2, 0) is 4.79 Å². The minimum atomic E-state index is -0.839. The van der Waals surface area contributed by atoms with Crippen molar-refractivity contribution in [3.63, 3.8) is 0 Å². The Morgan fingerprint density at radius 2 is 1.83 bits per heavy atom. The largest absolute Gasteiger partial charge is 0.392 e. The van der Waals surface area contributed by atoms with E-state index < -0.39 is 12.2 Å². The van der Waals surface area contributed by atoms with Gasteiger partial charge in [-0.05, 0) is 60.7 Å². The van der Waals surface area contributed by atoms with Crippen molar-refractivity contribution in [3.05, 3.63) is 12.7 Å². The number of aliphatic hydroxyl groups excluding tert-OH is 2. The Morgan fingerprint density at radius 1 is 1.17 bits per heavy atom. The van der Waals surface area contributed by atoms with Gasteiger partial charge in [-0.25, -0.2) is 0 Å². The zero-order valence-corrected chi connectivity index (χ0v) is 15.5. The molecule has 0 radical (unpaired) electrons. The summed E-state index contributed by atoms with van der Waals surface area (Å²) in [6, 6.07) is 0. The van der Waals surface area contributed by atoms with E-state index in [0.717, 1.165) is 25.7 Å². The minimum absolute atomic E-state index is 0.0753. The van der Waals surface area contributed by atoms with Crippen LogP contribution in [0.4, 0.5) is 0 Å². The van der Waals surface area contributed by atoms with Gasteiger partial charge in [0.1, 0.15) is 6.10 Å². The maximum Gasteiger partial charge on any atom is 0.167 e. The van der Waals surface area contributed by atoms with Crippen LogP contribution in [0, 0.1) is 39.4 Å². The molecule has 2 bridgehead atoms. The second-order valence-electron chi connectivity index (χ2n) is 10.1. The maximum atomic E-state index is 12.9. The molecule has 0 aromatic carbocycles. The summed E-state index contributed by atoms with van der Waals surface area (Å²) in [5, 5.41) is 21.7. The van der Waals surface area contributed by atoms with E-state index in [1.54, 1.807) is 0 Å². The fraction of sp³-hybridized carbons (Fsp3) is 0.857. The van der Waals surface area contributed by atoms with Crippen molar-refractivity contribution in [2.45, 2.75) is 72.0 Å². The summed E-state index contributed by atoms with van der Waals surface area (Å²) < 4.78 is 0. The van der Waals surface area contributed by atoms with Crippen LogP contribution < -0.4 is 0 Å². The van der Waals surface area contributed by atoms with E-state index in [1.807, 2.05) is 6.08 Å². The number of hydrogen-bond acceptors (Lipinski definition) is 3. The van der Waals surface area contributed by atoms with Gasteiger partial charge in [-0.15, -0.1) is 6.58 Å². The molecule has 24 heavy (non-hydrogen) atoms. The molecule has 0 saturated heterocycles. The lowest BCUT2D eigenvalue weighted by atomic mass is 9.32. The molecule has 9 atom stereocenters. The number of carbonyl (C=O) groups excluding carboxylic acids is 1. The minimum Gasteiger partial charge on any atom is -0.392 e. The average Bonchev–Trinajstić information content (AvgIpc) is 2.71. The highest BCUT2D eigenvalue weighted by molar-refractivity contribution is 5.93. The van der Waals surface area contributed by atoms with Crippen molar-refractivity contribution in [2.24, 2.45) is 39.4 Å². The standard InChI is InChI=1S/C21H32O3/c1-6-18(4)7-8-19(5)12(2)9-21-11-20(17(19)21,13(3)15(18)23)10-14(22)16(21)24/h6,12-15,17,22-23H,1,7-11H2,2-5H3/t12-,13+,14+,15+,17+,18-,19-,20-,21-/m1/s1. The lowest BCUT2D eigenvalue weighted by Crippen LogP contribution is -2.72. The normalized spacial score (nSPS) is 62.2. The maximum absolute atomic E-state index is 12.9. The Morgan fingerprint density at radius 3 is 2.46 bits per heavy atom. The lowest BCUT2D eigenvalue weighted by Gasteiger charge is -2.71. The first-order valence-electron chi connectivity index (χ1n) is 9.61. The number of aliphatic hydroxyl groups is 2. The molecule has 0 aromatic rings. The molecular formula is C21H32O3. The van der Waals surface area contributed by atoms with Gasteiger partial charge < -0.3 is 10.2 Å². The first-order valence-corrected chi connectivity index (χ1v) is 9.61. The summed E-state index contributed by atoms with van der Waals surface area (Å²) >= 11 is 0. The Labute approximate surface area is 145 Å². The second-order valence-corrected chi connectivity index (χ2v) is 10.1. The van der Waals surface area contributed by atoms with E-state index in [1.165, 1.54) is 0 Å². The summed E-state index contributed by atoms with van der Waals surface area (Å²) in [5.74, 6) is 0.975. The summed E-state index contributed by atoms with van der Waals surface area (Å²) in [5.41, 5.74) is -0.597. The van der Waals surface area contributed by atoms with Crippen LogP contribution >= 0.6 is 0 Å². The molecule has 0 unspecified atom stereocenters. The molecule has 0 aromatic heterocycles. The third-order valence-electron chi connectivity index (χ3n) is 9.32. The highest BCUT2D eigenvalue weighted by Crippen LogP contribution is 2.82. The van der Waals surface area contributed by atoms with E-state index in [-0.39, 0.29) is 33.4 Å². The third kappa shape index (κ3) is 1.55. The fourth-order valence-corrected chi connectivity index (χ4v) is 7.85. The van der Waals surface area contributed by atoms with Crippen LogP contribution in [0.5, 0.6) is 0 Å². The third-order valence-corrected chi connectivity index (χ3v) is 9.32. The molecule has 4 aliphatic rings. The molecule has 3 nitrogen and oxygen atoms in total. The summed E-state index contributed by atoms with van der Waals surface area (Å²) in [7, 11) is 0. The van der Waals surface area contributed by atoms with Crippen LogP contribution in [0.15, 0.2) is 12.7 Å². The van der Waals surface area contributed by atoms with Gasteiger partial charge in [-0.3, -0.25) is 4.79 Å². The van der Waals surface area contributed by atoms with Crippen LogP contribution in [0.1, 0.15) is 59.8 Å². The molecule has 0 aliphatic heterocycles. The second kappa shape index (κ2) is 4.54. The van der Waals surface area contributed by atoms with Crippen LogP contribution in [-0.4, -0.2) is 28.2 Å². The molecule has 4 aliphatic carbocycles. The number of ketones is 1. The van der Waals surface area contributed by atoms with Crippen molar-refractivity contribution in [2.75, 3.05) is 0 Å². The monoisotopic (exact) mass is 332 g/mol. The van der Waals surface area contributed by atoms with Crippen molar-refractivity contribution in [3.8, 4) is 0 Å². The molecule has 134 valence electrons. The smallest absolute Gasteiger partial charge is 0.167 e. The van der Waals surface area contributed by atoms with E-state index >= 15 is 0 Å². The molecule has 4 fully saturated rings. The van der Waals surface area contributed by atoms with Gasteiger partial charge in [0, 0.05) is 10.8 Å². The Balaban J connectivity index is 1.88. The highest BCUT2D eigenvalue weighted by Gasteiger charge is 2.81. The first-order chi connectivity index (χ1) is 11.1. The average molecular weight is 332 g/mol. The summed E-state index contributed by atoms with van der Waals surface area (Å²) in [6.07, 6.45) is 4.89. The van der Waals surface area contributed by atoms with Crippen molar-refractivity contribution in [1.29, 1.82) is 0 Å². The van der Waals surface area contributed by atoms with Crippen molar-refractivity contribution in [1.82, 2.24) is 0 Å². The topological polar surface area (TPSA) is 57.5 Å². The number of Topliss-reactive ketones (excluding diaryl/α,β-unsaturated/α-hetero) is 1. The van der Waals surface area contributed by atoms with E-state index in [9.17, 15) is 15.0 Å². The van der Waals surface area contributed by atoms with Gasteiger partial charge in [0.25, 0.3) is 0 Å². The van der Waals surface area contributed by atoms with Gasteiger partial charge in [0.2, 0.25) is 0 Å². The highest BCUT2D eigenvalue weighted by atomic mass is 16.3. The predicted molar refractivity (Wildman–Crippen MR) is 93.2 cm³/mol. The lowest BCUT2D eigenvalue weighted by molar-refractivity contribution is -0.252. The Bertz CT molecular complexity index is 614. The fourth-order valence-electron chi connectivity index (χ4n) is 7.85. The number of carbonyl (C=O) groups is 1. The zero-order chi connectivity index (χ0) is 17.7. The quantitative estimate of drug-likeness (QED) is 0.724. The van der Waals surface area contributed by atoms with Crippen molar-refractivity contribution < 1.29 is 15.0 Å². The molecule has 2 N–H and O–H groups in total. The summed E-state index contributed by atoms with van der Waals surface area (Å²) in [6.45, 7) is 13.0. The van der Waals surface area contributed by atoms with Crippen LogP contribution in [0.3, 0.4) is 0 Å².